The van der Waals surface area contributed by atoms with E-state index in [1.165, 1.54) is 6.33 Å². The summed E-state index contributed by atoms with van der Waals surface area (Å²) in [5, 5.41) is 3.45. The van der Waals surface area contributed by atoms with Gasteiger partial charge >= 0.3 is 0 Å². The monoisotopic (exact) mass is 312 g/mol. The number of nitrogens with one attached hydrogen (secondary N) is 1. The fourth-order valence-electron chi connectivity index (χ4n) is 1.34. The molecule has 2 aromatic rings. The Bertz CT molecular complexity index is 510. The lowest BCUT2D eigenvalue weighted by atomic mass is 10.2. The number of hydrogen-bond acceptors (Lipinski definition) is 4. The van der Waals surface area contributed by atoms with E-state index in [1.807, 2.05) is 25.1 Å². The predicted molar refractivity (Wildman–Crippen MR) is 73.6 cm³/mol. The molecular formula is C11H10BrClN4. The summed E-state index contributed by atoms with van der Waals surface area (Å²) < 4.78 is 1.01. The summed E-state index contributed by atoms with van der Waals surface area (Å²) >= 11 is 9.47. The van der Waals surface area contributed by atoms with Gasteiger partial charge in [0, 0.05) is 10.2 Å². The minimum absolute atomic E-state index is 0.261. The van der Waals surface area contributed by atoms with Gasteiger partial charge in [-0.05, 0) is 24.6 Å². The van der Waals surface area contributed by atoms with Crippen LogP contribution in [0.25, 0.3) is 0 Å². The molecule has 0 aliphatic rings. The fourth-order valence-corrected chi connectivity index (χ4v) is 1.85. The van der Waals surface area contributed by atoms with Gasteiger partial charge in [-0.25, -0.2) is 9.97 Å². The lowest BCUT2D eigenvalue weighted by molar-refractivity contribution is 1.17. The van der Waals surface area contributed by atoms with Gasteiger partial charge in [-0.2, -0.15) is 0 Å². The first kappa shape index (κ1) is 12.1. The van der Waals surface area contributed by atoms with Crippen molar-refractivity contribution >= 4 is 44.9 Å². The Hall–Kier alpha value is -1.33. The highest BCUT2D eigenvalue weighted by atomic mass is 79.9. The van der Waals surface area contributed by atoms with Gasteiger partial charge in [0.05, 0.1) is 0 Å². The Morgan fingerprint density at radius 1 is 1.35 bits per heavy atom. The number of nitrogens with zero attached hydrogens (tertiary/aromatic N) is 2. The number of halogens is 2. The third kappa shape index (κ3) is 2.50. The number of rotatable bonds is 2. The van der Waals surface area contributed by atoms with Gasteiger partial charge in [0.2, 0.25) is 0 Å². The van der Waals surface area contributed by atoms with Gasteiger partial charge < -0.3 is 11.1 Å². The second-order valence-corrected chi connectivity index (χ2v) is 4.69. The third-order valence-corrected chi connectivity index (χ3v) is 3.57. The molecule has 2 rings (SSSR count). The van der Waals surface area contributed by atoms with E-state index in [9.17, 15) is 0 Å². The van der Waals surface area contributed by atoms with E-state index < -0.39 is 0 Å². The summed E-state index contributed by atoms with van der Waals surface area (Å²) in [6.45, 7) is 1.99. The highest BCUT2D eigenvalue weighted by Crippen LogP contribution is 2.30. The van der Waals surface area contributed by atoms with Gasteiger partial charge in [0.15, 0.2) is 5.82 Å². The number of nitrogens with two attached hydrogens (primary N) is 1. The molecule has 0 aliphatic carbocycles. The Labute approximate surface area is 112 Å². The Balaban J connectivity index is 2.38. The average Bonchev–Trinajstić information content (AvgIpc) is 2.31. The van der Waals surface area contributed by atoms with Crippen LogP contribution < -0.4 is 11.1 Å². The van der Waals surface area contributed by atoms with Crippen molar-refractivity contribution in [1.82, 2.24) is 9.97 Å². The average molecular weight is 314 g/mol. The molecule has 1 aromatic heterocycles. The molecule has 1 aromatic carbocycles. The molecule has 0 amide bonds. The fraction of sp³-hybridized carbons (Fsp3) is 0.0909. The SMILES string of the molecule is Cc1c(Br)cccc1Nc1ncnc(N)c1Cl. The molecule has 0 saturated heterocycles. The molecular weight excluding hydrogens is 304 g/mol. The normalized spacial score (nSPS) is 10.3. The van der Waals surface area contributed by atoms with Crippen molar-refractivity contribution in [3.05, 3.63) is 39.6 Å². The van der Waals surface area contributed by atoms with Crippen LogP contribution in [0.2, 0.25) is 5.02 Å². The lowest BCUT2D eigenvalue weighted by Crippen LogP contribution is -2.00. The van der Waals surface area contributed by atoms with Gasteiger partial charge in [0.25, 0.3) is 0 Å². The smallest absolute Gasteiger partial charge is 0.154 e. The van der Waals surface area contributed by atoms with Crippen molar-refractivity contribution in [2.24, 2.45) is 0 Å². The minimum atomic E-state index is 0.261. The highest BCUT2D eigenvalue weighted by molar-refractivity contribution is 9.10. The first-order valence-electron chi connectivity index (χ1n) is 4.87. The summed E-state index contributed by atoms with van der Waals surface area (Å²) in [4.78, 5) is 7.86. The molecule has 1 heterocycles. The van der Waals surface area contributed by atoms with Crippen LogP contribution >= 0.6 is 27.5 Å². The summed E-state index contributed by atoms with van der Waals surface area (Å²) in [7, 11) is 0. The van der Waals surface area contributed by atoms with E-state index in [4.69, 9.17) is 17.3 Å². The number of aromatic nitrogens is 2. The molecule has 6 heteroatoms. The maximum Gasteiger partial charge on any atom is 0.154 e. The molecule has 0 unspecified atom stereocenters. The topological polar surface area (TPSA) is 63.8 Å². The van der Waals surface area contributed by atoms with Crippen LogP contribution in [0, 0.1) is 6.92 Å². The maximum atomic E-state index is 6.01. The van der Waals surface area contributed by atoms with Gasteiger partial charge in [-0.1, -0.05) is 33.6 Å². The molecule has 0 fully saturated rings. The Morgan fingerprint density at radius 2 is 2.12 bits per heavy atom. The van der Waals surface area contributed by atoms with Crippen LogP contribution in [0.1, 0.15) is 5.56 Å². The van der Waals surface area contributed by atoms with Crippen molar-refractivity contribution in [3.63, 3.8) is 0 Å². The Morgan fingerprint density at radius 3 is 2.88 bits per heavy atom. The van der Waals surface area contributed by atoms with Crippen molar-refractivity contribution in [2.75, 3.05) is 11.1 Å². The first-order valence-corrected chi connectivity index (χ1v) is 6.05. The Kier molecular flexibility index (Phi) is 3.49. The molecule has 3 N–H and O–H groups in total. The van der Waals surface area contributed by atoms with Crippen LogP contribution in [0.3, 0.4) is 0 Å². The molecule has 0 radical (unpaired) electrons. The molecule has 0 bridgehead atoms. The molecule has 88 valence electrons. The number of benzene rings is 1. The maximum absolute atomic E-state index is 6.01. The largest absolute Gasteiger partial charge is 0.382 e. The molecule has 4 nitrogen and oxygen atoms in total. The standard InChI is InChI=1S/C11H10BrClN4/c1-6-7(12)3-2-4-8(6)17-11-9(13)10(14)15-5-16-11/h2-5H,1H3,(H3,14,15,16,17). The van der Waals surface area contributed by atoms with E-state index in [0.717, 1.165) is 15.7 Å². The quantitative estimate of drug-likeness (QED) is 0.890. The van der Waals surface area contributed by atoms with Crippen molar-refractivity contribution in [1.29, 1.82) is 0 Å². The molecule has 0 saturated carbocycles. The second kappa shape index (κ2) is 4.89. The number of hydrogen-bond donors (Lipinski definition) is 2. The molecule has 0 aliphatic heterocycles. The third-order valence-electron chi connectivity index (χ3n) is 2.34. The zero-order chi connectivity index (χ0) is 12.4. The zero-order valence-corrected chi connectivity index (χ0v) is 11.4. The molecule has 0 atom stereocenters. The molecule has 17 heavy (non-hydrogen) atoms. The molecule has 0 spiro atoms. The first-order chi connectivity index (χ1) is 8.09. The minimum Gasteiger partial charge on any atom is -0.382 e. The number of nitrogen functional groups attached to an aromatic ring is 1. The van der Waals surface area contributed by atoms with E-state index in [0.29, 0.717) is 10.8 Å². The van der Waals surface area contributed by atoms with Crippen LogP contribution in [0.15, 0.2) is 29.0 Å². The second-order valence-electron chi connectivity index (χ2n) is 3.46. The van der Waals surface area contributed by atoms with Crippen molar-refractivity contribution < 1.29 is 0 Å². The predicted octanol–water partition coefficient (Wildman–Crippen LogP) is 3.53. The van der Waals surface area contributed by atoms with Crippen LogP contribution in [-0.2, 0) is 0 Å². The summed E-state index contributed by atoms with van der Waals surface area (Å²) in [5.41, 5.74) is 7.60. The van der Waals surface area contributed by atoms with Crippen molar-refractivity contribution in [3.8, 4) is 0 Å². The van der Waals surface area contributed by atoms with Gasteiger partial charge in [0.1, 0.15) is 17.2 Å². The van der Waals surface area contributed by atoms with Crippen LogP contribution in [-0.4, -0.2) is 9.97 Å². The van der Waals surface area contributed by atoms with E-state index in [1.54, 1.807) is 0 Å². The summed E-state index contributed by atoms with van der Waals surface area (Å²) in [5.74, 6) is 0.761. The highest BCUT2D eigenvalue weighted by Gasteiger charge is 2.08. The zero-order valence-electron chi connectivity index (χ0n) is 9.04. The van der Waals surface area contributed by atoms with E-state index in [2.05, 4.69) is 31.2 Å². The number of anilines is 3. The van der Waals surface area contributed by atoms with Gasteiger partial charge in [-0.3, -0.25) is 0 Å². The van der Waals surface area contributed by atoms with Gasteiger partial charge in [-0.15, -0.1) is 0 Å². The van der Waals surface area contributed by atoms with E-state index >= 15 is 0 Å². The summed E-state index contributed by atoms with van der Waals surface area (Å²) in [6.07, 6.45) is 1.37. The van der Waals surface area contributed by atoms with Crippen LogP contribution in [0.4, 0.5) is 17.3 Å². The van der Waals surface area contributed by atoms with Crippen LogP contribution in [0.5, 0.6) is 0 Å². The lowest BCUT2D eigenvalue weighted by Gasteiger charge is -2.11. The summed E-state index contributed by atoms with van der Waals surface area (Å²) in [6, 6.07) is 5.84. The van der Waals surface area contributed by atoms with E-state index in [-0.39, 0.29) is 5.82 Å². The van der Waals surface area contributed by atoms with Crippen molar-refractivity contribution in [2.45, 2.75) is 6.92 Å².